The third-order valence-electron chi connectivity index (χ3n) is 5.87. The molecular formula is C26H17O3P. The maximum Gasteiger partial charge on any atom is 0.391 e. The van der Waals surface area contributed by atoms with E-state index < -0.39 is 8.60 Å². The van der Waals surface area contributed by atoms with Crippen LogP contribution < -0.4 is 4.52 Å². The Morgan fingerprint density at radius 2 is 1.00 bits per heavy atom. The van der Waals surface area contributed by atoms with Crippen LogP contribution in [0.5, 0.6) is 5.75 Å². The van der Waals surface area contributed by atoms with Crippen molar-refractivity contribution in [3.8, 4) is 5.75 Å². The summed E-state index contributed by atoms with van der Waals surface area (Å²) in [4.78, 5) is 19.1. The Morgan fingerprint density at radius 3 is 1.67 bits per heavy atom. The molecule has 30 heavy (non-hydrogen) atoms. The summed E-state index contributed by atoms with van der Waals surface area (Å²) in [7, 11) is -2.51. The maximum absolute atomic E-state index is 9.56. The molecule has 0 aliphatic heterocycles. The Hall–Kier alpha value is -3.23. The molecule has 0 spiro atoms. The van der Waals surface area contributed by atoms with Gasteiger partial charge in [-0.05, 0) is 54.5 Å². The normalized spacial score (nSPS) is 12.0. The monoisotopic (exact) mass is 408 g/mol. The van der Waals surface area contributed by atoms with Gasteiger partial charge in [0.05, 0.1) is 0 Å². The molecule has 0 aromatic heterocycles. The van der Waals surface area contributed by atoms with E-state index in [0.717, 1.165) is 26.9 Å². The molecule has 0 aliphatic carbocycles. The third kappa shape index (κ3) is 2.50. The van der Waals surface area contributed by atoms with Gasteiger partial charge in [0.15, 0.2) is 0 Å². The molecule has 0 atom stereocenters. The number of hydrogen-bond acceptors (Lipinski definition) is 3. The highest BCUT2D eigenvalue weighted by molar-refractivity contribution is 7.39. The van der Waals surface area contributed by atoms with Gasteiger partial charge >= 0.3 is 8.60 Å². The molecule has 6 rings (SSSR count). The standard InChI is InChI=1S/C26H17O3P/c27-30(28)29-23-11-5-10-20-21-14-12-16-6-1-3-8-18(16)25(21)26-19-9-4-2-7-17(19)13-15-22(26)24(20)23/h1-15,27-28H. The molecule has 4 heteroatoms. The van der Waals surface area contributed by atoms with Gasteiger partial charge in [-0.1, -0.05) is 84.9 Å². The van der Waals surface area contributed by atoms with Crippen molar-refractivity contribution in [3.63, 3.8) is 0 Å². The highest BCUT2D eigenvalue weighted by Gasteiger charge is 2.17. The molecule has 0 amide bonds. The minimum absolute atomic E-state index is 0.485. The van der Waals surface area contributed by atoms with Gasteiger partial charge in [-0.15, -0.1) is 0 Å². The number of hydrogen-bond donors (Lipinski definition) is 2. The second-order valence-electron chi connectivity index (χ2n) is 7.44. The van der Waals surface area contributed by atoms with E-state index in [-0.39, 0.29) is 0 Å². The van der Waals surface area contributed by atoms with Crippen LogP contribution in [0.4, 0.5) is 0 Å². The lowest BCUT2D eigenvalue weighted by atomic mass is 9.88. The van der Waals surface area contributed by atoms with Crippen molar-refractivity contribution >= 4 is 62.5 Å². The first kappa shape index (κ1) is 17.6. The minimum Gasteiger partial charge on any atom is -0.426 e. The van der Waals surface area contributed by atoms with Crippen LogP contribution in [0.2, 0.25) is 0 Å². The van der Waals surface area contributed by atoms with Gasteiger partial charge < -0.3 is 14.3 Å². The zero-order valence-electron chi connectivity index (χ0n) is 15.9. The van der Waals surface area contributed by atoms with Crippen molar-refractivity contribution in [2.24, 2.45) is 0 Å². The summed E-state index contributed by atoms with van der Waals surface area (Å²) in [6.07, 6.45) is 0. The quantitative estimate of drug-likeness (QED) is 0.239. The van der Waals surface area contributed by atoms with Gasteiger partial charge in [0.25, 0.3) is 0 Å². The molecule has 0 aliphatic rings. The molecule has 0 heterocycles. The number of rotatable bonds is 2. The molecule has 6 aromatic rings. The second-order valence-corrected chi connectivity index (χ2v) is 8.13. The fraction of sp³-hybridized carbons (Fsp3) is 0. The second kappa shape index (κ2) is 6.65. The van der Waals surface area contributed by atoms with E-state index in [4.69, 9.17) is 4.52 Å². The van der Waals surface area contributed by atoms with Crippen molar-refractivity contribution in [1.29, 1.82) is 0 Å². The van der Waals surface area contributed by atoms with Gasteiger partial charge in [0.1, 0.15) is 5.75 Å². The van der Waals surface area contributed by atoms with E-state index in [1.807, 2.05) is 6.07 Å². The molecule has 0 saturated carbocycles. The van der Waals surface area contributed by atoms with Crippen molar-refractivity contribution in [2.45, 2.75) is 0 Å². The average molecular weight is 408 g/mol. The zero-order valence-corrected chi connectivity index (χ0v) is 16.8. The van der Waals surface area contributed by atoms with Crippen molar-refractivity contribution < 1.29 is 14.3 Å². The van der Waals surface area contributed by atoms with E-state index in [0.29, 0.717) is 5.75 Å². The SMILES string of the molecule is OP(O)Oc1cccc2c3ccc4ccccc4c3c3c4ccccc4ccc3c12. The Morgan fingerprint density at radius 1 is 0.467 bits per heavy atom. The Kier molecular flexibility index (Phi) is 3.90. The van der Waals surface area contributed by atoms with Crippen LogP contribution in [-0.4, -0.2) is 9.79 Å². The fourth-order valence-electron chi connectivity index (χ4n) is 4.71. The van der Waals surface area contributed by atoms with Crippen LogP contribution in [0.25, 0.3) is 53.9 Å². The van der Waals surface area contributed by atoms with Crippen molar-refractivity contribution in [2.75, 3.05) is 0 Å². The summed E-state index contributed by atoms with van der Waals surface area (Å²) in [6.45, 7) is 0. The number of fused-ring (bicyclic) bond motifs is 10. The highest BCUT2D eigenvalue weighted by atomic mass is 31.2. The fourth-order valence-corrected chi connectivity index (χ4v) is 5.04. The van der Waals surface area contributed by atoms with Gasteiger partial charge in [-0.25, -0.2) is 0 Å². The topological polar surface area (TPSA) is 49.7 Å². The first-order valence-electron chi connectivity index (χ1n) is 9.76. The van der Waals surface area contributed by atoms with E-state index >= 15 is 0 Å². The predicted octanol–water partition coefficient (Wildman–Crippen LogP) is 7.04. The third-order valence-corrected chi connectivity index (χ3v) is 6.23. The van der Waals surface area contributed by atoms with Crippen LogP contribution >= 0.6 is 8.60 Å². The summed E-state index contributed by atoms with van der Waals surface area (Å²) < 4.78 is 5.46. The van der Waals surface area contributed by atoms with E-state index in [1.54, 1.807) is 6.07 Å². The van der Waals surface area contributed by atoms with Gasteiger partial charge in [-0.3, -0.25) is 0 Å². The molecule has 0 bridgehead atoms. The smallest absolute Gasteiger partial charge is 0.391 e. The summed E-state index contributed by atoms with van der Waals surface area (Å²) in [6, 6.07) is 31.1. The largest absolute Gasteiger partial charge is 0.426 e. The lowest BCUT2D eigenvalue weighted by Gasteiger charge is -2.17. The van der Waals surface area contributed by atoms with E-state index in [2.05, 4.69) is 78.9 Å². The predicted molar refractivity (Wildman–Crippen MR) is 126 cm³/mol. The first-order chi connectivity index (χ1) is 14.7. The molecule has 0 unspecified atom stereocenters. The van der Waals surface area contributed by atoms with Crippen molar-refractivity contribution in [3.05, 3.63) is 91.0 Å². The summed E-state index contributed by atoms with van der Waals surface area (Å²) in [5.41, 5.74) is 0. The highest BCUT2D eigenvalue weighted by Crippen LogP contribution is 2.46. The van der Waals surface area contributed by atoms with Crippen LogP contribution in [0.1, 0.15) is 0 Å². The molecule has 3 nitrogen and oxygen atoms in total. The van der Waals surface area contributed by atoms with Gasteiger partial charge in [0, 0.05) is 5.39 Å². The summed E-state index contributed by atoms with van der Waals surface area (Å²) in [5, 5.41) is 11.2. The lowest BCUT2D eigenvalue weighted by Crippen LogP contribution is -1.91. The van der Waals surface area contributed by atoms with Gasteiger partial charge in [0.2, 0.25) is 0 Å². The molecule has 6 aromatic carbocycles. The molecule has 0 saturated heterocycles. The van der Waals surface area contributed by atoms with Crippen LogP contribution in [0, 0.1) is 0 Å². The number of benzene rings is 6. The molecule has 144 valence electrons. The minimum atomic E-state index is -2.51. The zero-order chi connectivity index (χ0) is 20.2. The molecular weight excluding hydrogens is 391 g/mol. The molecule has 2 N–H and O–H groups in total. The van der Waals surface area contributed by atoms with E-state index in [9.17, 15) is 9.79 Å². The van der Waals surface area contributed by atoms with Crippen molar-refractivity contribution in [1.82, 2.24) is 0 Å². The summed E-state index contributed by atoms with van der Waals surface area (Å²) >= 11 is 0. The van der Waals surface area contributed by atoms with Gasteiger partial charge in [-0.2, -0.15) is 0 Å². The van der Waals surface area contributed by atoms with Crippen LogP contribution in [0.3, 0.4) is 0 Å². The van der Waals surface area contributed by atoms with Crippen LogP contribution in [0.15, 0.2) is 91.0 Å². The summed E-state index contributed by atoms with van der Waals surface area (Å²) in [5.74, 6) is 0.485. The van der Waals surface area contributed by atoms with E-state index in [1.165, 1.54) is 26.9 Å². The molecule has 0 fully saturated rings. The Bertz CT molecular complexity index is 1610. The van der Waals surface area contributed by atoms with Crippen LogP contribution in [-0.2, 0) is 0 Å². The Labute approximate surface area is 173 Å². The molecule has 0 radical (unpaired) electrons. The Balaban J connectivity index is 1.99. The first-order valence-corrected chi connectivity index (χ1v) is 10.9. The maximum atomic E-state index is 9.56. The lowest BCUT2D eigenvalue weighted by molar-refractivity contribution is 0.377. The average Bonchev–Trinajstić information content (AvgIpc) is 2.78.